The largest absolute Gasteiger partial charge is 0.357 e. The lowest BCUT2D eigenvalue weighted by Gasteiger charge is -2.36. The molecule has 0 unspecified atom stereocenters. The Morgan fingerprint density at radius 3 is 2.56 bits per heavy atom. The number of carbonyl (C=O) groups is 3. The third kappa shape index (κ3) is 5.56. The van der Waals surface area contributed by atoms with Crippen molar-refractivity contribution < 1.29 is 14.4 Å². The first-order valence-electron chi connectivity index (χ1n) is 9.70. The Morgan fingerprint density at radius 2 is 1.96 bits per heavy atom. The number of imide groups is 1. The molecule has 0 aromatic rings. The maximum atomic E-state index is 11.9. The summed E-state index contributed by atoms with van der Waals surface area (Å²) in [6, 6.07) is 0.0501. The van der Waals surface area contributed by atoms with Crippen molar-refractivity contribution >= 4 is 23.8 Å². The van der Waals surface area contributed by atoms with E-state index >= 15 is 0 Å². The van der Waals surface area contributed by atoms with E-state index in [1.165, 1.54) is 4.90 Å². The van der Waals surface area contributed by atoms with Gasteiger partial charge in [0.1, 0.15) is 0 Å². The average Bonchev–Trinajstić information content (AvgIpc) is 3.40. The Morgan fingerprint density at radius 1 is 1.22 bits per heavy atom. The van der Waals surface area contributed by atoms with Crippen LogP contribution in [0.2, 0.25) is 0 Å². The van der Waals surface area contributed by atoms with E-state index in [2.05, 4.69) is 30.7 Å². The van der Waals surface area contributed by atoms with Gasteiger partial charge in [0, 0.05) is 38.8 Å². The van der Waals surface area contributed by atoms with E-state index in [1.54, 1.807) is 0 Å². The number of piperazine rings is 1. The maximum Gasteiger partial charge on any atom is 0.324 e. The molecule has 0 aromatic carbocycles. The normalized spacial score (nSPS) is 21.4. The van der Waals surface area contributed by atoms with Gasteiger partial charge in [0.25, 0.3) is 0 Å². The van der Waals surface area contributed by atoms with E-state index in [9.17, 15) is 14.4 Å². The van der Waals surface area contributed by atoms with Crippen LogP contribution in [0.25, 0.3) is 0 Å². The summed E-state index contributed by atoms with van der Waals surface area (Å²) in [5.74, 6) is 0.685. The van der Waals surface area contributed by atoms with Gasteiger partial charge in [-0.25, -0.2) is 4.79 Å². The Labute approximate surface area is 159 Å². The van der Waals surface area contributed by atoms with Crippen LogP contribution in [-0.2, 0) is 9.59 Å². The summed E-state index contributed by atoms with van der Waals surface area (Å²) in [5, 5.41) is 8.79. The first-order valence-corrected chi connectivity index (χ1v) is 9.70. The van der Waals surface area contributed by atoms with Crippen LogP contribution in [0.3, 0.4) is 0 Å². The van der Waals surface area contributed by atoms with Gasteiger partial charge in [0.15, 0.2) is 5.96 Å². The van der Waals surface area contributed by atoms with E-state index in [0.717, 1.165) is 51.5 Å². The zero-order chi connectivity index (χ0) is 19.2. The molecule has 0 radical (unpaired) electrons. The molecule has 3 aliphatic rings. The molecule has 27 heavy (non-hydrogen) atoms. The molecule has 0 bridgehead atoms. The summed E-state index contributed by atoms with van der Waals surface area (Å²) in [4.78, 5) is 45.2. The van der Waals surface area contributed by atoms with Gasteiger partial charge in [-0.15, -0.1) is 0 Å². The predicted octanol–water partition coefficient (Wildman–Crippen LogP) is -1.60. The van der Waals surface area contributed by atoms with Crippen molar-refractivity contribution in [3.8, 4) is 0 Å². The van der Waals surface area contributed by atoms with Crippen LogP contribution in [0.4, 0.5) is 4.79 Å². The Kier molecular flexibility index (Phi) is 6.49. The molecule has 2 aliphatic heterocycles. The van der Waals surface area contributed by atoms with E-state index in [1.807, 2.05) is 6.92 Å². The summed E-state index contributed by atoms with van der Waals surface area (Å²) in [6.45, 7) is 7.08. The SMILES string of the molecule is CCNC(=NCCN1C(=O)CNC1=O)N1CCN(CC(=O)NC2CC2)CC1. The number of aliphatic imine (C=N–C) groups is 1. The molecule has 4 amide bonds. The van der Waals surface area contributed by atoms with Gasteiger partial charge < -0.3 is 20.9 Å². The van der Waals surface area contributed by atoms with E-state index in [0.29, 0.717) is 19.1 Å². The van der Waals surface area contributed by atoms with Gasteiger partial charge in [-0.1, -0.05) is 0 Å². The Hall–Kier alpha value is -2.36. The van der Waals surface area contributed by atoms with Crippen molar-refractivity contribution in [2.24, 2.45) is 4.99 Å². The second-order valence-electron chi connectivity index (χ2n) is 7.04. The number of hydrogen-bond donors (Lipinski definition) is 3. The van der Waals surface area contributed by atoms with Gasteiger partial charge in [0.05, 0.1) is 26.2 Å². The number of nitrogens with one attached hydrogen (secondary N) is 3. The van der Waals surface area contributed by atoms with Crippen molar-refractivity contribution in [2.75, 3.05) is 58.9 Å². The minimum atomic E-state index is -0.349. The van der Waals surface area contributed by atoms with E-state index in [-0.39, 0.29) is 30.9 Å². The third-order valence-corrected chi connectivity index (χ3v) is 4.84. The molecule has 0 spiro atoms. The van der Waals surface area contributed by atoms with Gasteiger partial charge in [-0.05, 0) is 19.8 Å². The fourth-order valence-corrected chi connectivity index (χ4v) is 3.19. The second-order valence-corrected chi connectivity index (χ2v) is 7.04. The number of guanidine groups is 1. The molecule has 10 nitrogen and oxygen atoms in total. The number of hydrogen-bond acceptors (Lipinski definition) is 5. The molecule has 3 rings (SSSR count). The number of rotatable bonds is 7. The lowest BCUT2D eigenvalue weighted by molar-refractivity contribution is -0.125. The molecule has 3 N–H and O–H groups in total. The number of nitrogens with zero attached hydrogens (tertiary/aromatic N) is 4. The number of amides is 4. The highest BCUT2D eigenvalue weighted by atomic mass is 16.2. The van der Waals surface area contributed by atoms with Gasteiger partial charge in [-0.2, -0.15) is 0 Å². The lowest BCUT2D eigenvalue weighted by atomic mass is 10.3. The quantitative estimate of drug-likeness (QED) is 0.279. The van der Waals surface area contributed by atoms with Crippen molar-refractivity contribution in [3.63, 3.8) is 0 Å². The van der Waals surface area contributed by atoms with Gasteiger partial charge in [0.2, 0.25) is 11.8 Å². The molecular weight excluding hydrogens is 350 g/mol. The van der Waals surface area contributed by atoms with Crippen molar-refractivity contribution in [2.45, 2.75) is 25.8 Å². The molecule has 1 saturated carbocycles. The molecule has 1 aliphatic carbocycles. The first-order chi connectivity index (χ1) is 13.1. The zero-order valence-electron chi connectivity index (χ0n) is 15.9. The standard InChI is InChI=1S/C17H29N7O3/c1-2-18-16(19-5-6-24-15(26)11-20-17(24)27)23-9-7-22(8-10-23)12-14(25)21-13-3-4-13/h13H,2-12H2,1H3,(H,18,19)(H,20,27)(H,21,25). The summed E-state index contributed by atoms with van der Waals surface area (Å²) >= 11 is 0. The average molecular weight is 379 g/mol. The monoisotopic (exact) mass is 379 g/mol. The Bertz CT molecular complexity index is 581. The summed E-state index contributed by atoms with van der Waals surface area (Å²) in [5.41, 5.74) is 0. The highest BCUT2D eigenvalue weighted by Crippen LogP contribution is 2.18. The first kappa shape index (κ1) is 19.4. The van der Waals surface area contributed by atoms with Crippen molar-refractivity contribution in [1.29, 1.82) is 0 Å². The van der Waals surface area contributed by atoms with Gasteiger partial charge in [-0.3, -0.25) is 24.4 Å². The molecule has 2 heterocycles. The molecular formula is C17H29N7O3. The molecule has 0 aromatic heterocycles. The van der Waals surface area contributed by atoms with Crippen LogP contribution in [0.5, 0.6) is 0 Å². The number of carbonyl (C=O) groups excluding carboxylic acids is 3. The fraction of sp³-hybridized carbons (Fsp3) is 0.765. The fourth-order valence-electron chi connectivity index (χ4n) is 3.19. The van der Waals surface area contributed by atoms with Crippen LogP contribution in [0.15, 0.2) is 4.99 Å². The zero-order valence-corrected chi connectivity index (χ0v) is 15.9. The number of urea groups is 1. The van der Waals surface area contributed by atoms with Crippen LogP contribution < -0.4 is 16.0 Å². The van der Waals surface area contributed by atoms with E-state index in [4.69, 9.17) is 0 Å². The minimum absolute atomic E-state index is 0.0684. The summed E-state index contributed by atoms with van der Waals surface area (Å²) in [7, 11) is 0. The molecule has 0 atom stereocenters. The third-order valence-electron chi connectivity index (χ3n) is 4.84. The highest BCUT2D eigenvalue weighted by Gasteiger charge is 2.28. The van der Waals surface area contributed by atoms with Crippen LogP contribution in [0, 0.1) is 0 Å². The topological polar surface area (TPSA) is 109 Å². The van der Waals surface area contributed by atoms with Gasteiger partial charge >= 0.3 is 6.03 Å². The second kappa shape index (κ2) is 9.03. The van der Waals surface area contributed by atoms with Crippen LogP contribution in [-0.4, -0.2) is 103 Å². The molecule has 2 saturated heterocycles. The molecule has 3 fully saturated rings. The van der Waals surface area contributed by atoms with E-state index < -0.39 is 0 Å². The lowest BCUT2D eigenvalue weighted by Crippen LogP contribution is -2.54. The van der Waals surface area contributed by atoms with Crippen molar-refractivity contribution in [3.05, 3.63) is 0 Å². The molecule has 150 valence electrons. The van der Waals surface area contributed by atoms with Crippen LogP contribution in [0.1, 0.15) is 19.8 Å². The smallest absolute Gasteiger partial charge is 0.324 e. The molecule has 10 heteroatoms. The summed E-state index contributed by atoms with van der Waals surface area (Å²) in [6.07, 6.45) is 2.21. The van der Waals surface area contributed by atoms with Crippen molar-refractivity contribution in [1.82, 2.24) is 30.7 Å². The maximum absolute atomic E-state index is 11.9. The highest BCUT2D eigenvalue weighted by molar-refractivity contribution is 6.01. The Balaban J connectivity index is 1.44. The predicted molar refractivity (Wildman–Crippen MR) is 100 cm³/mol. The van der Waals surface area contributed by atoms with Crippen LogP contribution >= 0.6 is 0 Å². The summed E-state index contributed by atoms with van der Waals surface area (Å²) < 4.78 is 0. The minimum Gasteiger partial charge on any atom is -0.357 e.